The molecule has 0 aliphatic heterocycles. The molecule has 0 fully saturated rings. The lowest BCUT2D eigenvalue weighted by Crippen LogP contribution is -2.18. The van der Waals surface area contributed by atoms with Crippen LogP contribution in [0.5, 0.6) is 17.2 Å². The van der Waals surface area contributed by atoms with Crippen molar-refractivity contribution in [3.63, 3.8) is 0 Å². The summed E-state index contributed by atoms with van der Waals surface area (Å²) in [5.41, 5.74) is 1.65. The first-order valence-corrected chi connectivity index (χ1v) is 10.1. The van der Waals surface area contributed by atoms with Gasteiger partial charge >= 0.3 is 17.9 Å². The molecule has 0 spiro atoms. The second kappa shape index (κ2) is 10.9. The first-order chi connectivity index (χ1) is 15.9. The van der Waals surface area contributed by atoms with E-state index in [-0.39, 0.29) is 17.1 Å². The second-order valence-electron chi connectivity index (χ2n) is 7.08. The van der Waals surface area contributed by atoms with Crippen molar-refractivity contribution in [3.8, 4) is 17.2 Å². The van der Waals surface area contributed by atoms with Crippen molar-refractivity contribution in [2.24, 2.45) is 0 Å². The smallest absolute Gasteiger partial charge is 0.337 e. The normalized spacial score (nSPS) is 11.2. The Kier molecular flexibility index (Phi) is 7.75. The number of pyridine rings is 1. The van der Waals surface area contributed by atoms with Crippen LogP contribution in [0.4, 0.5) is 0 Å². The zero-order valence-corrected chi connectivity index (χ0v) is 18.4. The highest BCUT2D eigenvalue weighted by molar-refractivity contribution is 5.91. The zero-order chi connectivity index (χ0) is 23.8. The third kappa shape index (κ3) is 6.39. The Morgan fingerprint density at radius 1 is 0.939 bits per heavy atom. The molecule has 1 unspecified atom stereocenters. The summed E-state index contributed by atoms with van der Waals surface area (Å²) in [5.74, 6) is -2.07. The largest absolute Gasteiger partial charge is 0.487 e. The van der Waals surface area contributed by atoms with E-state index in [1.165, 1.54) is 38.4 Å². The van der Waals surface area contributed by atoms with E-state index in [9.17, 15) is 14.4 Å². The van der Waals surface area contributed by atoms with Crippen molar-refractivity contribution >= 4 is 17.9 Å². The number of esters is 3. The minimum atomic E-state index is -0.710. The average Bonchev–Trinajstić information content (AvgIpc) is 2.83. The van der Waals surface area contributed by atoms with Crippen LogP contribution in [0.3, 0.4) is 0 Å². The van der Waals surface area contributed by atoms with Crippen LogP contribution in [0.2, 0.25) is 0 Å². The van der Waals surface area contributed by atoms with E-state index in [1.54, 1.807) is 19.1 Å². The fraction of sp³-hybridized carbons (Fsp3) is 0.200. The summed E-state index contributed by atoms with van der Waals surface area (Å²) >= 11 is 0. The molecule has 0 amide bonds. The lowest BCUT2D eigenvalue weighted by Gasteiger charge is -2.14. The maximum Gasteiger partial charge on any atom is 0.337 e. The molecule has 1 aromatic heterocycles. The molecule has 2 aromatic carbocycles. The van der Waals surface area contributed by atoms with Gasteiger partial charge in [-0.05, 0) is 42.8 Å². The van der Waals surface area contributed by atoms with E-state index in [0.717, 1.165) is 5.56 Å². The summed E-state index contributed by atoms with van der Waals surface area (Å²) in [6.07, 6.45) is 1.54. The van der Waals surface area contributed by atoms with Gasteiger partial charge in [-0.2, -0.15) is 0 Å². The zero-order valence-electron chi connectivity index (χ0n) is 18.4. The van der Waals surface area contributed by atoms with Crippen LogP contribution in [0.15, 0.2) is 66.9 Å². The summed E-state index contributed by atoms with van der Waals surface area (Å²) in [5, 5.41) is 0. The Bertz CT molecular complexity index is 1130. The summed E-state index contributed by atoms with van der Waals surface area (Å²) in [6.45, 7) is 3.24. The number of benzene rings is 2. The monoisotopic (exact) mass is 449 g/mol. The van der Waals surface area contributed by atoms with Gasteiger partial charge in [-0.3, -0.25) is 14.6 Å². The molecule has 0 N–H and O–H groups in total. The summed E-state index contributed by atoms with van der Waals surface area (Å²) in [4.78, 5) is 40.2. The molecule has 1 heterocycles. The second-order valence-corrected chi connectivity index (χ2v) is 7.08. The van der Waals surface area contributed by atoms with Crippen LogP contribution in [0.1, 0.15) is 41.4 Å². The highest BCUT2D eigenvalue weighted by atomic mass is 16.6. The number of hydrogen-bond donors (Lipinski definition) is 0. The van der Waals surface area contributed by atoms with Gasteiger partial charge in [-0.1, -0.05) is 30.3 Å². The van der Waals surface area contributed by atoms with Gasteiger partial charge in [0.25, 0.3) is 0 Å². The van der Waals surface area contributed by atoms with Crippen molar-refractivity contribution in [2.75, 3.05) is 7.11 Å². The van der Waals surface area contributed by atoms with E-state index in [4.69, 9.17) is 14.2 Å². The van der Waals surface area contributed by atoms with Gasteiger partial charge in [0.1, 0.15) is 12.4 Å². The molecule has 0 aliphatic rings. The molecule has 0 bridgehead atoms. The van der Waals surface area contributed by atoms with Gasteiger partial charge in [0.15, 0.2) is 11.5 Å². The third-order valence-corrected chi connectivity index (χ3v) is 4.63. The van der Waals surface area contributed by atoms with Gasteiger partial charge in [0.05, 0.1) is 30.5 Å². The molecule has 0 aliphatic carbocycles. The van der Waals surface area contributed by atoms with Gasteiger partial charge in [0, 0.05) is 6.92 Å². The van der Waals surface area contributed by atoms with Crippen LogP contribution in [-0.4, -0.2) is 30.0 Å². The summed E-state index contributed by atoms with van der Waals surface area (Å²) in [6, 6.07) is 17.2. The number of carbonyl (C=O) groups is 3. The fourth-order valence-electron chi connectivity index (χ4n) is 2.86. The molecule has 1 atom stereocenters. The Morgan fingerprint density at radius 3 is 2.33 bits per heavy atom. The fourth-order valence-corrected chi connectivity index (χ4v) is 2.86. The number of nitrogens with zero attached hydrogens (tertiary/aromatic N) is 1. The van der Waals surface area contributed by atoms with E-state index in [0.29, 0.717) is 18.1 Å². The summed E-state index contributed by atoms with van der Waals surface area (Å²) in [7, 11) is 1.23. The molecule has 0 saturated carbocycles. The van der Waals surface area contributed by atoms with Crippen LogP contribution in [0.25, 0.3) is 0 Å². The van der Waals surface area contributed by atoms with E-state index >= 15 is 0 Å². The minimum Gasteiger partial charge on any atom is -0.487 e. The summed E-state index contributed by atoms with van der Waals surface area (Å²) < 4.78 is 20.9. The standard InChI is InChI=1S/C25H23NO7/c1-16(21-11-10-20(14-26-21)31-15-18-7-5-4-6-8-18)24(28)33-22-12-9-19(25(29)30-3)13-23(22)32-17(2)27/h4-14,16H,15H2,1-3H3. The predicted octanol–water partition coefficient (Wildman–Crippen LogP) is 4.08. The molecule has 3 aromatic rings. The molecular formula is C25H23NO7. The lowest BCUT2D eigenvalue weighted by molar-refractivity contribution is -0.137. The van der Waals surface area contributed by atoms with E-state index in [2.05, 4.69) is 9.72 Å². The van der Waals surface area contributed by atoms with Crippen LogP contribution in [-0.2, 0) is 20.9 Å². The predicted molar refractivity (Wildman–Crippen MR) is 118 cm³/mol. The van der Waals surface area contributed by atoms with Crippen molar-refractivity contribution in [1.29, 1.82) is 0 Å². The number of hydrogen-bond acceptors (Lipinski definition) is 8. The Morgan fingerprint density at radius 2 is 1.70 bits per heavy atom. The molecular weight excluding hydrogens is 426 g/mol. The average molecular weight is 449 g/mol. The molecule has 8 heteroatoms. The maximum atomic E-state index is 12.7. The van der Waals surface area contributed by atoms with Crippen LogP contribution < -0.4 is 14.2 Å². The van der Waals surface area contributed by atoms with E-state index in [1.807, 2.05) is 30.3 Å². The van der Waals surface area contributed by atoms with Crippen LogP contribution in [0, 0.1) is 0 Å². The topological polar surface area (TPSA) is 101 Å². The first-order valence-electron chi connectivity index (χ1n) is 10.1. The Balaban J connectivity index is 1.68. The molecule has 3 rings (SSSR count). The number of ether oxygens (including phenoxy) is 4. The van der Waals surface area contributed by atoms with Gasteiger partial charge in [-0.15, -0.1) is 0 Å². The molecule has 33 heavy (non-hydrogen) atoms. The van der Waals surface area contributed by atoms with Gasteiger partial charge < -0.3 is 18.9 Å². The van der Waals surface area contributed by atoms with E-state index < -0.39 is 23.8 Å². The first kappa shape index (κ1) is 23.5. The lowest BCUT2D eigenvalue weighted by atomic mass is 10.1. The number of carbonyl (C=O) groups excluding carboxylic acids is 3. The Labute approximate surface area is 191 Å². The van der Waals surface area contributed by atoms with Crippen molar-refractivity contribution in [2.45, 2.75) is 26.4 Å². The molecule has 0 saturated heterocycles. The number of methoxy groups -OCH3 is 1. The van der Waals surface area contributed by atoms with Gasteiger partial charge in [0.2, 0.25) is 0 Å². The molecule has 170 valence electrons. The highest BCUT2D eigenvalue weighted by Gasteiger charge is 2.22. The Hall–Kier alpha value is -4.20. The van der Waals surface area contributed by atoms with Crippen molar-refractivity contribution < 1.29 is 33.3 Å². The van der Waals surface area contributed by atoms with Crippen molar-refractivity contribution in [1.82, 2.24) is 4.98 Å². The highest BCUT2D eigenvalue weighted by Crippen LogP contribution is 2.30. The van der Waals surface area contributed by atoms with Gasteiger partial charge in [-0.25, -0.2) is 4.79 Å². The SMILES string of the molecule is COC(=O)c1ccc(OC(=O)C(C)c2ccc(OCc3ccccc3)cn2)c(OC(C)=O)c1. The quantitative estimate of drug-likeness (QED) is 0.375. The molecule has 8 nitrogen and oxygen atoms in total. The minimum absolute atomic E-state index is 0.00230. The number of aromatic nitrogens is 1. The third-order valence-electron chi connectivity index (χ3n) is 4.63. The number of rotatable bonds is 8. The maximum absolute atomic E-state index is 12.7. The molecule has 0 radical (unpaired) electrons. The van der Waals surface area contributed by atoms with Crippen LogP contribution >= 0.6 is 0 Å². The van der Waals surface area contributed by atoms with Crippen molar-refractivity contribution in [3.05, 3.63) is 83.7 Å².